The van der Waals surface area contributed by atoms with Gasteiger partial charge >= 0.3 is 15.1 Å². The molecule has 11 heteroatoms. The first kappa shape index (κ1) is 21.6. The molecule has 8 nitrogen and oxygen atoms in total. The first-order chi connectivity index (χ1) is 11.2. The van der Waals surface area contributed by atoms with Crippen LogP contribution >= 0.6 is 22.6 Å². The van der Waals surface area contributed by atoms with E-state index >= 15 is 0 Å². The number of carbonyl (C=O) groups excluding carboxylic acids is 1. The Morgan fingerprint density at radius 1 is 1.33 bits per heavy atom. The third-order valence-electron chi connectivity index (χ3n) is 3.44. The summed E-state index contributed by atoms with van der Waals surface area (Å²) in [4.78, 5) is 24.9. The van der Waals surface area contributed by atoms with Crippen molar-refractivity contribution in [3.8, 4) is 0 Å². The molecule has 0 saturated carbocycles. The minimum atomic E-state index is -4.01. The molecule has 0 aliphatic carbocycles. The number of carboxylic acids is 1. The maximum absolute atomic E-state index is 12.3. The van der Waals surface area contributed by atoms with Crippen LogP contribution < -0.4 is 0 Å². The van der Waals surface area contributed by atoms with Gasteiger partial charge in [-0.25, -0.2) is 4.79 Å². The molecule has 1 heterocycles. The van der Waals surface area contributed by atoms with Gasteiger partial charge in [0.25, 0.3) is 0 Å². The molecule has 0 unspecified atom stereocenters. The number of likely N-dealkylation sites (tertiary alicyclic amines) is 1. The SMILES string of the molecule is C[C@H](CSCCOCCSS(=O)(=O)O)C(=O)N1CCC[C@H]1C(=O)O. The van der Waals surface area contributed by atoms with Crippen LogP contribution in [0.2, 0.25) is 0 Å². The van der Waals surface area contributed by atoms with Gasteiger partial charge in [0.1, 0.15) is 6.04 Å². The second-order valence-electron chi connectivity index (χ2n) is 5.37. The lowest BCUT2D eigenvalue weighted by atomic mass is 10.1. The van der Waals surface area contributed by atoms with E-state index in [2.05, 4.69) is 0 Å². The largest absolute Gasteiger partial charge is 0.480 e. The number of thioether (sulfide) groups is 1. The van der Waals surface area contributed by atoms with Crippen molar-refractivity contribution in [2.45, 2.75) is 25.8 Å². The molecule has 1 aliphatic rings. The van der Waals surface area contributed by atoms with E-state index in [1.54, 1.807) is 6.92 Å². The number of hydrogen-bond donors (Lipinski definition) is 2. The summed E-state index contributed by atoms with van der Waals surface area (Å²) in [6, 6.07) is -0.700. The summed E-state index contributed by atoms with van der Waals surface area (Å²) < 4.78 is 34.7. The molecule has 1 amide bonds. The van der Waals surface area contributed by atoms with Crippen LogP contribution in [0.3, 0.4) is 0 Å². The van der Waals surface area contributed by atoms with Crippen LogP contribution in [0.1, 0.15) is 19.8 Å². The quantitative estimate of drug-likeness (QED) is 0.296. The Labute approximate surface area is 149 Å². The summed E-state index contributed by atoms with van der Waals surface area (Å²) in [5.41, 5.74) is 0. The number of nitrogens with zero attached hydrogens (tertiary/aromatic N) is 1. The molecule has 1 rings (SSSR count). The number of amides is 1. The van der Waals surface area contributed by atoms with Crippen LogP contribution in [0.15, 0.2) is 0 Å². The highest BCUT2D eigenvalue weighted by molar-refractivity contribution is 8.69. The molecule has 0 radical (unpaired) electrons. The van der Waals surface area contributed by atoms with E-state index in [0.717, 1.165) is 6.42 Å². The lowest BCUT2D eigenvalue weighted by molar-refractivity contribution is -0.149. The molecular weight excluding hydrogens is 378 g/mol. The van der Waals surface area contributed by atoms with Gasteiger partial charge in [0.15, 0.2) is 0 Å². The molecule has 140 valence electrons. The molecular formula is C13H23NO7S3. The average molecular weight is 402 g/mol. The van der Waals surface area contributed by atoms with Crippen molar-refractivity contribution in [3.05, 3.63) is 0 Å². The number of carboxylic acid groups (broad SMARTS) is 1. The van der Waals surface area contributed by atoms with E-state index in [9.17, 15) is 18.0 Å². The monoisotopic (exact) mass is 401 g/mol. The number of ether oxygens (including phenoxy) is 1. The van der Waals surface area contributed by atoms with Crippen molar-refractivity contribution in [3.63, 3.8) is 0 Å². The van der Waals surface area contributed by atoms with Crippen LogP contribution in [0.4, 0.5) is 0 Å². The molecule has 0 aromatic heterocycles. The van der Waals surface area contributed by atoms with Crippen LogP contribution in [-0.2, 0) is 23.5 Å². The fraction of sp³-hybridized carbons (Fsp3) is 0.846. The van der Waals surface area contributed by atoms with Gasteiger partial charge in [-0.05, 0) is 23.6 Å². The van der Waals surface area contributed by atoms with Gasteiger partial charge in [-0.1, -0.05) is 6.92 Å². The fourth-order valence-electron chi connectivity index (χ4n) is 2.32. The predicted octanol–water partition coefficient (Wildman–Crippen LogP) is 0.984. The predicted molar refractivity (Wildman–Crippen MR) is 93.7 cm³/mol. The molecule has 0 spiro atoms. The number of aliphatic carboxylic acids is 1. The normalized spacial score (nSPS) is 19.4. The van der Waals surface area contributed by atoms with Gasteiger partial charge < -0.3 is 14.7 Å². The van der Waals surface area contributed by atoms with Gasteiger partial charge in [0.05, 0.1) is 13.2 Å². The first-order valence-electron chi connectivity index (χ1n) is 7.53. The Bertz CT molecular complexity index is 526. The van der Waals surface area contributed by atoms with E-state index in [1.807, 2.05) is 0 Å². The smallest absolute Gasteiger partial charge is 0.326 e. The number of rotatable bonds is 11. The Balaban J connectivity index is 2.14. The zero-order chi connectivity index (χ0) is 18.2. The van der Waals surface area contributed by atoms with Gasteiger partial charge in [0.2, 0.25) is 5.91 Å². The molecule has 0 aromatic rings. The van der Waals surface area contributed by atoms with Crippen molar-refractivity contribution in [2.75, 3.05) is 37.0 Å². The molecule has 0 bridgehead atoms. The highest BCUT2D eigenvalue weighted by Gasteiger charge is 2.35. The highest BCUT2D eigenvalue weighted by Crippen LogP contribution is 2.21. The Hall–Kier alpha value is -0.490. The van der Waals surface area contributed by atoms with Crippen LogP contribution in [0.25, 0.3) is 0 Å². The van der Waals surface area contributed by atoms with Crippen molar-refractivity contribution >= 4 is 43.6 Å². The van der Waals surface area contributed by atoms with Crippen LogP contribution in [-0.4, -0.2) is 77.9 Å². The molecule has 1 saturated heterocycles. The van der Waals surface area contributed by atoms with Crippen molar-refractivity contribution < 1.29 is 32.4 Å². The van der Waals surface area contributed by atoms with Crippen molar-refractivity contribution in [1.29, 1.82) is 0 Å². The summed E-state index contributed by atoms with van der Waals surface area (Å²) >= 11 is 1.53. The van der Waals surface area contributed by atoms with Gasteiger partial charge in [-0.2, -0.15) is 20.2 Å². The zero-order valence-corrected chi connectivity index (χ0v) is 15.9. The summed E-state index contributed by atoms with van der Waals surface area (Å²) in [5, 5.41) is 9.11. The lowest BCUT2D eigenvalue weighted by Gasteiger charge is -2.24. The second kappa shape index (κ2) is 10.5. The maximum atomic E-state index is 12.3. The fourth-order valence-corrected chi connectivity index (χ4v) is 4.45. The Kier molecular flexibility index (Phi) is 9.42. The van der Waals surface area contributed by atoms with E-state index in [-0.39, 0.29) is 24.2 Å². The minimum absolute atomic E-state index is 0.127. The van der Waals surface area contributed by atoms with Gasteiger partial charge in [0, 0.05) is 29.7 Å². The zero-order valence-electron chi connectivity index (χ0n) is 13.4. The minimum Gasteiger partial charge on any atom is -0.480 e. The standard InChI is InChI=1S/C13H23NO7S3/c1-10(12(15)14-4-2-3-11(14)13(16)17)9-22-7-5-21-6-8-23-24(18,19)20/h10-11H,2-9H2,1H3,(H,16,17)(H,18,19,20)/t10-,11+/m1/s1. The van der Waals surface area contributed by atoms with Crippen LogP contribution in [0, 0.1) is 5.92 Å². The molecule has 24 heavy (non-hydrogen) atoms. The van der Waals surface area contributed by atoms with Gasteiger partial charge in [-0.15, -0.1) is 0 Å². The van der Waals surface area contributed by atoms with E-state index in [0.29, 0.717) is 41.9 Å². The Morgan fingerprint density at radius 3 is 2.62 bits per heavy atom. The molecule has 0 aromatic carbocycles. The summed E-state index contributed by atoms with van der Waals surface area (Å²) in [6.45, 7) is 2.92. The molecule has 2 atom stereocenters. The lowest BCUT2D eigenvalue weighted by Crippen LogP contribution is -2.43. The van der Waals surface area contributed by atoms with Gasteiger partial charge in [-0.3, -0.25) is 9.35 Å². The highest BCUT2D eigenvalue weighted by atomic mass is 33.1. The Morgan fingerprint density at radius 2 is 2.00 bits per heavy atom. The third kappa shape index (κ3) is 8.06. The summed E-state index contributed by atoms with van der Waals surface area (Å²) in [5.74, 6) is 0.0467. The van der Waals surface area contributed by atoms with Crippen molar-refractivity contribution in [2.24, 2.45) is 5.92 Å². The summed E-state index contributed by atoms with van der Waals surface area (Å²) in [6.07, 6.45) is 1.23. The topological polar surface area (TPSA) is 121 Å². The van der Waals surface area contributed by atoms with E-state index < -0.39 is 21.2 Å². The first-order valence-corrected chi connectivity index (χ1v) is 11.6. The summed E-state index contributed by atoms with van der Waals surface area (Å²) in [7, 11) is -3.59. The maximum Gasteiger partial charge on any atom is 0.326 e. The molecule has 1 fully saturated rings. The number of hydrogen-bond acceptors (Lipinski definition) is 7. The second-order valence-corrected chi connectivity index (χ2v) is 9.99. The van der Waals surface area contributed by atoms with E-state index in [1.165, 1.54) is 16.7 Å². The average Bonchev–Trinajstić information content (AvgIpc) is 2.97. The molecule has 2 N–H and O–H groups in total. The van der Waals surface area contributed by atoms with E-state index in [4.69, 9.17) is 14.4 Å². The van der Waals surface area contributed by atoms with Crippen molar-refractivity contribution in [1.82, 2.24) is 4.90 Å². The molecule has 1 aliphatic heterocycles. The third-order valence-corrected chi connectivity index (χ3v) is 6.66. The number of carbonyl (C=O) groups is 2. The van der Waals surface area contributed by atoms with Crippen LogP contribution in [0.5, 0.6) is 0 Å².